The molecule has 0 aromatic heterocycles. The molecule has 0 aliphatic carbocycles. The number of halogens is 1. The average Bonchev–Trinajstić information content (AvgIpc) is 2.30. The molecule has 1 aromatic carbocycles. The summed E-state index contributed by atoms with van der Waals surface area (Å²) in [5.41, 5.74) is 5.45. The van der Waals surface area contributed by atoms with Gasteiger partial charge in [0.25, 0.3) is 0 Å². The van der Waals surface area contributed by atoms with Gasteiger partial charge >= 0.3 is 6.03 Å². The van der Waals surface area contributed by atoms with Crippen LogP contribution in [0.15, 0.2) is 24.3 Å². The summed E-state index contributed by atoms with van der Waals surface area (Å²) >= 11 is 0. The first kappa shape index (κ1) is 12.0. The molecule has 0 spiro atoms. The molecule has 18 heavy (non-hydrogen) atoms. The van der Waals surface area contributed by atoms with Gasteiger partial charge in [0.1, 0.15) is 11.7 Å². The van der Waals surface area contributed by atoms with Crippen molar-refractivity contribution < 1.29 is 18.8 Å². The number of anilines is 1. The van der Waals surface area contributed by atoms with E-state index in [0.29, 0.717) is 5.69 Å². The number of nitrogens with two attached hydrogens (primary N) is 1. The number of nitrogens with one attached hydrogen (secondary N) is 1. The van der Waals surface area contributed by atoms with E-state index >= 15 is 0 Å². The molecule has 94 valence electrons. The van der Waals surface area contributed by atoms with Crippen molar-refractivity contribution in [1.82, 2.24) is 5.32 Å². The van der Waals surface area contributed by atoms with Gasteiger partial charge in [-0.2, -0.15) is 0 Å². The molecular formula is C11H10FN3O3. The van der Waals surface area contributed by atoms with Crippen molar-refractivity contribution in [2.24, 2.45) is 11.7 Å². The van der Waals surface area contributed by atoms with E-state index in [4.69, 9.17) is 5.73 Å². The van der Waals surface area contributed by atoms with Gasteiger partial charge in [0.2, 0.25) is 11.8 Å². The van der Waals surface area contributed by atoms with Crippen molar-refractivity contribution in [2.75, 3.05) is 11.4 Å². The summed E-state index contributed by atoms with van der Waals surface area (Å²) in [5.74, 6) is -3.08. The lowest BCUT2D eigenvalue weighted by molar-refractivity contribution is -0.132. The van der Waals surface area contributed by atoms with Crippen LogP contribution in [0.2, 0.25) is 0 Å². The first-order valence-corrected chi connectivity index (χ1v) is 5.16. The van der Waals surface area contributed by atoms with E-state index in [1.165, 1.54) is 24.3 Å². The summed E-state index contributed by atoms with van der Waals surface area (Å²) < 4.78 is 12.8. The number of carbonyl (C=O) groups excluding carboxylic acids is 3. The van der Waals surface area contributed by atoms with Crippen molar-refractivity contribution in [3.05, 3.63) is 30.1 Å². The number of benzene rings is 1. The zero-order valence-corrected chi connectivity index (χ0v) is 9.22. The van der Waals surface area contributed by atoms with Gasteiger partial charge in [-0.15, -0.1) is 0 Å². The molecule has 1 aromatic rings. The Balaban J connectivity index is 2.27. The molecule has 0 radical (unpaired) electrons. The van der Waals surface area contributed by atoms with E-state index < -0.39 is 29.6 Å². The number of rotatable bonds is 2. The minimum Gasteiger partial charge on any atom is -0.369 e. The van der Waals surface area contributed by atoms with E-state index in [0.717, 1.165) is 4.90 Å². The first-order chi connectivity index (χ1) is 8.49. The third-order valence-electron chi connectivity index (χ3n) is 2.64. The van der Waals surface area contributed by atoms with Gasteiger partial charge in [-0.05, 0) is 24.3 Å². The predicted molar refractivity (Wildman–Crippen MR) is 60.0 cm³/mol. The van der Waals surface area contributed by atoms with E-state index in [-0.39, 0.29) is 6.54 Å². The number of carbonyl (C=O) groups is 3. The molecule has 1 aliphatic rings. The Morgan fingerprint density at radius 2 is 1.94 bits per heavy atom. The van der Waals surface area contributed by atoms with Crippen LogP contribution in [-0.2, 0) is 9.59 Å². The Labute approximate surface area is 102 Å². The van der Waals surface area contributed by atoms with E-state index in [2.05, 4.69) is 0 Å². The molecule has 1 saturated heterocycles. The molecule has 7 heteroatoms. The number of amides is 4. The zero-order chi connectivity index (χ0) is 13.3. The lowest BCUT2D eigenvalue weighted by Gasteiger charge is -2.30. The number of urea groups is 1. The fraction of sp³-hybridized carbons (Fsp3) is 0.182. The van der Waals surface area contributed by atoms with E-state index in [1.54, 1.807) is 0 Å². The molecule has 1 aliphatic heterocycles. The maximum absolute atomic E-state index is 12.8. The second kappa shape index (κ2) is 4.44. The van der Waals surface area contributed by atoms with Crippen molar-refractivity contribution in [3.8, 4) is 0 Å². The summed E-state index contributed by atoms with van der Waals surface area (Å²) in [5, 5.41) is 2.03. The quantitative estimate of drug-likeness (QED) is 0.723. The molecule has 3 N–H and O–H groups in total. The molecule has 2 rings (SSSR count). The standard InChI is InChI=1S/C11H10FN3O3/c12-6-1-3-7(4-2-6)15-5-8(9(13)16)10(17)14-11(15)18/h1-4,8H,5H2,(H2,13,16)(H,14,17,18). The lowest BCUT2D eigenvalue weighted by Crippen LogP contribution is -2.57. The molecule has 6 nitrogen and oxygen atoms in total. The number of primary amides is 1. The van der Waals surface area contributed by atoms with Crippen LogP contribution in [0.5, 0.6) is 0 Å². The SMILES string of the molecule is NC(=O)C1CN(c2ccc(F)cc2)C(=O)NC1=O. The van der Waals surface area contributed by atoms with Crippen LogP contribution in [0, 0.1) is 11.7 Å². The molecule has 0 saturated carbocycles. The van der Waals surface area contributed by atoms with Crippen molar-refractivity contribution in [3.63, 3.8) is 0 Å². The second-order valence-corrected chi connectivity index (χ2v) is 3.84. The molecular weight excluding hydrogens is 241 g/mol. The van der Waals surface area contributed by atoms with Gasteiger partial charge in [0.15, 0.2) is 0 Å². The number of hydrogen-bond acceptors (Lipinski definition) is 3. The molecule has 0 bridgehead atoms. The Morgan fingerprint density at radius 3 is 2.50 bits per heavy atom. The average molecular weight is 251 g/mol. The monoisotopic (exact) mass is 251 g/mol. The highest BCUT2D eigenvalue weighted by molar-refractivity contribution is 6.13. The Kier molecular flexibility index (Phi) is 2.97. The van der Waals surface area contributed by atoms with Crippen molar-refractivity contribution >= 4 is 23.5 Å². The highest BCUT2D eigenvalue weighted by atomic mass is 19.1. The normalized spacial score (nSPS) is 19.6. The Hall–Kier alpha value is -2.44. The van der Waals surface area contributed by atoms with Crippen LogP contribution in [0.1, 0.15) is 0 Å². The van der Waals surface area contributed by atoms with Gasteiger partial charge in [-0.25, -0.2) is 9.18 Å². The van der Waals surface area contributed by atoms with Crippen LogP contribution in [0.3, 0.4) is 0 Å². The van der Waals surface area contributed by atoms with Crippen LogP contribution in [-0.4, -0.2) is 24.4 Å². The van der Waals surface area contributed by atoms with Crippen LogP contribution in [0.4, 0.5) is 14.9 Å². The minimum atomic E-state index is -1.10. The van der Waals surface area contributed by atoms with E-state index in [1.807, 2.05) is 5.32 Å². The van der Waals surface area contributed by atoms with Crippen LogP contribution < -0.4 is 16.0 Å². The summed E-state index contributed by atoms with van der Waals surface area (Å²) in [6, 6.07) is 4.45. The van der Waals surface area contributed by atoms with Gasteiger partial charge in [0.05, 0.1) is 0 Å². The van der Waals surface area contributed by atoms with Gasteiger partial charge in [-0.1, -0.05) is 0 Å². The maximum Gasteiger partial charge on any atom is 0.328 e. The fourth-order valence-corrected chi connectivity index (χ4v) is 1.67. The van der Waals surface area contributed by atoms with Crippen LogP contribution in [0.25, 0.3) is 0 Å². The van der Waals surface area contributed by atoms with Gasteiger partial charge in [0, 0.05) is 12.2 Å². The maximum atomic E-state index is 12.8. The third-order valence-corrected chi connectivity index (χ3v) is 2.64. The zero-order valence-electron chi connectivity index (χ0n) is 9.22. The third kappa shape index (κ3) is 2.15. The van der Waals surface area contributed by atoms with Crippen molar-refractivity contribution in [1.29, 1.82) is 0 Å². The number of nitrogens with zero attached hydrogens (tertiary/aromatic N) is 1. The summed E-state index contributed by atoms with van der Waals surface area (Å²) in [4.78, 5) is 35.2. The predicted octanol–water partition coefficient (Wildman–Crippen LogP) is -0.0166. The van der Waals surface area contributed by atoms with Gasteiger partial charge in [-0.3, -0.25) is 19.8 Å². The number of imide groups is 1. The molecule has 4 amide bonds. The fourth-order valence-electron chi connectivity index (χ4n) is 1.67. The molecule has 1 atom stereocenters. The highest BCUT2D eigenvalue weighted by Crippen LogP contribution is 2.19. The summed E-state index contributed by atoms with van der Waals surface area (Å²) in [6.07, 6.45) is 0. The first-order valence-electron chi connectivity index (χ1n) is 5.16. The summed E-state index contributed by atoms with van der Waals surface area (Å²) in [7, 11) is 0. The van der Waals surface area contributed by atoms with Crippen molar-refractivity contribution in [2.45, 2.75) is 0 Å². The lowest BCUT2D eigenvalue weighted by atomic mass is 10.1. The molecule has 1 fully saturated rings. The Morgan fingerprint density at radius 1 is 1.33 bits per heavy atom. The summed E-state index contributed by atoms with van der Waals surface area (Å²) in [6.45, 7) is -0.147. The van der Waals surface area contributed by atoms with Gasteiger partial charge < -0.3 is 5.73 Å². The smallest absolute Gasteiger partial charge is 0.328 e. The van der Waals surface area contributed by atoms with Crippen LogP contribution >= 0.6 is 0 Å². The minimum absolute atomic E-state index is 0.147. The second-order valence-electron chi connectivity index (χ2n) is 3.84. The van der Waals surface area contributed by atoms with E-state index in [9.17, 15) is 18.8 Å². The number of hydrogen-bond donors (Lipinski definition) is 2. The molecule has 1 heterocycles. The molecule has 1 unspecified atom stereocenters. The highest BCUT2D eigenvalue weighted by Gasteiger charge is 2.36. The largest absolute Gasteiger partial charge is 0.369 e. The Bertz CT molecular complexity index is 515. The topological polar surface area (TPSA) is 92.5 Å².